The summed E-state index contributed by atoms with van der Waals surface area (Å²) in [5.74, 6) is 0.231. The minimum Gasteiger partial charge on any atom is -0.342 e. The lowest BCUT2D eigenvalue weighted by atomic mass is 9.96. The Morgan fingerprint density at radius 1 is 0.962 bits per heavy atom. The fourth-order valence-corrected chi connectivity index (χ4v) is 5.64. The molecule has 0 unspecified atom stereocenters. The van der Waals surface area contributed by atoms with E-state index in [2.05, 4.69) is 15.9 Å². The van der Waals surface area contributed by atoms with E-state index >= 15 is 0 Å². The minimum atomic E-state index is -3.34. The summed E-state index contributed by atoms with van der Waals surface area (Å²) >= 11 is 3.36. The molecule has 3 rings (SSSR count). The molecular weight excluding hydrogens is 416 g/mol. The van der Waals surface area contributed by atoms with Gasteiger partial charge in [-0.1, -0.05) is 40.9 Å². The zero-order valence-corrected chi connectivity index (χ0v) is 17.5. The van der Waals surface area contributed by atoms with Gasteiger partial charge >= 0.3 is 0 Å². The second-order valence-electron chi connectivity index (χ2n) is 7.30. The van der Waals surface area contributed by atoms with Gasteiger partial charge in [-0.3, -0.25) is 4.79 Å². The van der Waals surface area contributed by atoms with Crippen LogP contribution in [0.1, 0.15) is 44.1 Å². The smallest absolute Gasteiger partial charge is 0.225 e. The predicted molar refractivity (Wildman–Crippen MR) is 106 cm³/mol. The first-order valence-electron chi connectivity index (χ1n) is 9.47. The lowest BCUT2D eigenvalue weighted by molar-refractivity contribution is -0.136. The monoisotopic (exact) mass is 442 g/mol. The van der Waals surface area contributed by atoms with Gasteiger partial charge < -0.3 is 4.90 Å². The zero-order chi connectivity index (χ0) is 18.6. The zero-order valence-electron chi connectivity index (χ0n) is 15.1. The van der Waals surface area contributed by atoms with E-state index in [-0.39, 0.29) is 17.6 Å². The summed E-state index contributed by atoms with van der Waals surface area (Å²) in [7, 11) is -3.34. The molecule has 0 saturated carbocycles. The van der Waals surface area contributed by atoms with Crippen LogP contribution in [0.4, 0.5) is 0 Å². The maximum Gasteiger partial charge on any atom is 0.225 e. The highest BCUT2D eigenvalue weighted by Gasteiger charge is 2.33. The van der Waals surface area contributed by atoms with Crippen molar-refractivity contribution < 1.29 is 13.2 Å². The molecule has 1 aromatic rings. The fraction of sp³-hybridized carbons (Fsp3) is 0.632. The van der Waals surface area contributed by atoms with E-state index in [0.717, 1.165) is 36.0 Å². The number of nitrogens with zero attached hydrogens (tertiary/aromatic N) is 2. The van der Waals surface area contributed by atoms with Crippen LogP contribution in [0.5, 0.6) is 0 Å². The van der Waals surface area contributed by atoms with E-state index in [1.807, 2.05) is 29.2 Å². The van der Waals surface area contributed by atoms with Crippen LogP contribution in [-0.2, 0) is 20.6 Å². The number of piperidine rings is 1. The maximum absolute atomic E-state index is 12.7. The summed E-state index contributed by atoms with van der Waals surface area (Å²) in [5, 5.41) is 0. The molecule has 5 nitrogen and oxygen atoms in total. The van der Waals surface area contributed by atoms with Crippen molar-refractivity contribution in [3.8, 4) is 0 Å². The van der Waals surface area contributed by atoms with Gasteiger partial charge in [-0.15, -0.1) is 0 Å². The van der Waals surface area contributed by atoms with Crippen LogP contribution in [0, 0.1) is 5.92 Å². The van der Waals surface area contributed by atoms with Gasteiger partial charge in [0.2, 0.25) is 15.9 Å². The second-order valence-corrected chi connectivity index (χ2v) is 10.2. The molecule has 1 amide bonds. The topological polar surface area (TPSA) is 57.7 Å². The number of rotatable bonds is 4. The van der Waals surface area contributed by atoms with Crippen molar-refractivity contribution in [1.82, 2.24) is 9.21 Å². The third-order valence-electron chi connectivity index (χ3n) is 5.38. The molecule has 2 saturated heterocycles. The normalized spacial score (nSPS) is 20.7. The van der Waals surface area contributed by atoms with Crippen molar-refractivity contribution in [3.05, 3.63) is 34.3 Å². The van der Waals surface area contributed by atoms with Crippen molar-refractivity contribution >= 4 is 31.9 Å². The van der Waals surface area contributed by atoms with Crippen LogP contribution in [0.2, 0.25) is 0 Å². The summed E-state index contributed by atoms with van der Waals surface area (Å²) in [6, 6.07) is 7.38. The number of benzene rings is 1. The number of amides is 1. The van der Waals surface area contributed by atoms with Gasteiger partial charge in [-0.25, -0.2) is 12.7 Å². The van der Waals surface area contributed by atoms with Gasteiger partial charge in [0.05, 0.1) is 5.75 Å². The highest BCUT2D eigenvalue weighted by Crippen LogP contribution is 2.25. The van der Waals surface area contributed by atoms with Crippen LogP contribution in [0.3, 0.4) is 0 Å². The van der Waals surface area contributed by atoms with Crippen molar-refractivity contribution in [3.63, 3.8) is 0 Å². The average molecular weight is 443 g/mol. The molecule has 0 aliphatic carbocycles. The molecule has 2 aliphatic rings. The number of halogens is 1. The van der Waals surface area contributed by atoms with Crippen molar-refractivity contribution in [2.45, 2.75) is 44.3 Å². The van der Waals surface area contributed by atoms with Crippen molar-refractivity contribution in [2.24, 2.45) is 5.92 Å². The standard InChI is InChI=1S/C19H27BrN2O3S/c20-18-7-5-16(6-8-18)15-26(24,25)22-13-9-17(10-14-22)19(23)21-11-3-1-2-4-12-21/h5-8,17H,1-4,9-15H2. The van der Waals surface area contributed by atoms with Crippen LogP contribution in [-0.4, -0.2) is 49.7 Å². The highest BCUT2D eigenvalue weighted by atomic mass is 79.9. The van der Waals surface area contributed by atoms with Crippen LogP contribution in [0.25, 0.3) is 0 Å². The molecule has 0 atom stereocenters. The molecule has 0 radical (unpaired) electrons. The van der Waals surface area contributed by atoms with E-state index < -0.39 is 10.0 Å². The van der Waals surface area contributed by atoms with E-state index in [1.165, 1.54) is 12.8 Å². The third kappa shape index (κ3) is 5.08. The molecule has 1 aromatic carbocycles. The maximum atomic E-state index is 12.7. The molecule has 2 heterocycles. The first-order valence-corrected chi connectivity index (χ1v) is 11.9. The third-order valence-corrected chi connectivity index (χ3v) is 7.76. The summed E-state index contributed by atoms with van der Waals surface area (Å²) in [6.45, 7) is 2.62. The van der Waals surface area contributed by atoms with Crippen molar-refractivity contribution in [2.75, 3.05) is 26.2 Å². The molecule has 0 bridgehead atoms. The summed E-state index contributed by atoms with van der Waals surface area (Å²) < 4.78 is 27.9. The molecule has 144 valence electrons. The van der Waals surface area contributed by atoms with E-state index in [9.17, 15) is 13.2 Å². The van der Waals surface area contributed by atoms with Gasteiger partial charge in [0, 0.05) is 36.6 Å². The number of carbonyl (C=O) groups is 1. The lowest BCUT2D eigenvalue weighted by Gasteiger charge is -2.33. The molecule has 0 spiro atoms. The molecule has 2 fully saturated rings. The van der Waals surface area contributed by atoms with Crippen LogP contribution in [0.15, 0.2) is 28.7 Å². The number of sulfonamides is 1. The number of carbonyl (C=O) groups excluding carboxylic acids is 1. The summed E-state index contributed by atoms with van der Waals surface area (Å²) in [5.41, 5.74) is 0.788. The van der Waals surface area contributed by atoms with Gasteiger partial charge in [0.1, 0.15) is 0 Å². The Hall–Kier alpha value is -0.920. The molecule has 26 heavy (non-hydrogen) atoms. The highest BCUT2D eigenvalue weighted by molar-refractivity contribution is 9.10. The van der Waals surface area contributed by atoms with Gasteiger partial charge in [-0.05, 0) is 43.4 Å². The van der Waals surface area contributed by atoms with Crippen LogP contribution < -0.4 is 0 Å². The SMILES string of the molecule is O=C(C1CCN(S(=O)(=O)Cc2ccc(Br)cc2)CC1)N1CCCCCC1. The first-order chi connectivity index (χ1) is 12.5. The van der Waals surface area contributed by atoms with Gasteiger partial charge in [-0.2, -0.15) is 0 Å². The quantitative estimate of drug-likeness (QED) is 0.717. The van der Waals surface area contributed by atoms with E-state index in [0.29, 0.717) is 25.9 Å². The molecular formula is C19H27BrN2O3S. The fourth-order valence-electron chi connectivity index (χ4n) is 3.81. The van der Waals surface area contributed by atoms with Gasteiger partial charge in [0.25, 0.3) is 0 Å². The average Bonchev–Trinajstić information content (AvgIpc) is 2.92. The number of hydrogen-bond donors (Lipinski definition) is 0. The molecule has 0 aromatic heterocycles. The Kier molecular flexibility index (Phi) is 6.75. The van der Waals surface area contributed by atoms with Gasteiger partial charge in [0.15, 0.2) is 0 Å². The Labute approximate surface area is 164 Å². The molecule has 0 N–H and O–H groups in total. The molecule has 7 heteroatoms. The Balaban J connectivity index is 1.55. The van der Waals surface area contributed by atoms with Crippen LogP contribution >= 0.6 is 15.9 Å². The Morgan fingerprint density at radius 2 is 1.54 bits per heavy atom. The van der Waals surface area contributed by atoms with E-state index in [4.69, 9.17) is 0 Å². The Bertz CT molecular complexity index is 705. The number of likely N-dealkylation sites (tertiary alicyclic amines) is 1. The lowest BCUT2D eigenvalue weighted by Crippen LogP contribution is -2.44. The predicted octanol–water partition coefficient (Wildman–Crippen LogP) is 3.39. The molecule has 2 aliphatic heterocycles. The Morgan fingerprint density at radius 3 is 2.12 bits per heavy atom. The summed E-state index contributed by atoms with van der Waals surface area (Å²) in [4.78, 5) is 14.7. The largest absolute Gasteiger partial charge is 0.342 e. The van der Waals surface area contributed by atoms with E-state index in [1.54, 1.807) is 4.31 Å². The summed E-state index contributed by atoms with van der Waals surface area (Å²) in [6.07, 6.45) is 5.86. The minimum absolute atomic E-state index is 0.0189. The number of hydrogen-bond acceptors (Lipinski definition) is 3. The second kappa shape index (κ2) is 8.85. The van der Waals surface area contributed by atoms with Crippen molar-refractivity contribution in [1.29, 1.82) is 0 Å². The first kappa shape index (κ1) is 19.8.